The van der Waals surface area contributed by atoms with E-state index in [1.165, 1.54) is 25.7 Å². The number of ether oxygens (including phenoxy) is 1. The van der Waals surface area contributed by atoms with Crippen molar-refractivity contribution in [3.05, 3.63) is 0 Å². The lowest BCUT2D eigenvalue weighted by atomic mass is 10.00. The fourth-order valence-electron chi connectivity index (χ4n) is 2.77. The second kappa shape index (κ2) is 9.93. The number of carbonyl (C=O) groups is 3. The van der Waals surface area contributed by atoms with Crippen molar-refractivity contribution in [1.82, 2.24) is 0 Å². The Morgan fingerprint density at radius 2 is 1.40 bits per heavy atom. The van der Waals surface area contributed by atoms with Gasteiger partial charge in [-0.2, -0.15) is 0 Å². The standard InChI is InChI=1S/C12H20O3.C8H14O2/c1-3-15-11(14)9-10(13)5-4-6-12(2)7-8-12;1-8(5-6-8)4-2-3-7(9)10/h3-9H2,1-2H3;2-6H2,1H3,(H,9,10). The normalized spacial score (nSPS) is 18.5. The largest absolute Gasteiger partial charge is 0.481 e. The summed E-state index contributed by atoms with van der Waals surface area (Å²) in [5, 5.41) is 8.33. The fourth-order valence-corrected chi connectivity index (χ4v) is 2.77. The summed E-state index contributed by atoms with van der Waals surface area (Å²) in [6, 6.07) is 0. The highest BCUT2D eigenvalue weighted by Gasteiger charge is 2.36. The Kier molecular flexibility index (Phi) is 8.60. The average Bonchev–Trinajstić information content (AvgIpc) is 3.40. The first kappa shape index (κ1) is 21.7. The zero-order valence-corrected chi connectivity index (χ0v) is 16.1. The van der Waals surface area contributed by atoms with Crippen molar-refractivity contribution >= 4 is 17.7 Å². The molecule has 0 spiro atoms. The molecule has 2 fully saturated rings. The van der Waals surface area contributed by atoms with Gasteiger partial charge in [0.05, 0.1) is 6.61 Å². The minimum absolute atomic E-state index is 0.0118. The quantitative estimate of drug-likeness (QED) is 0.436. The van der Waals surface area contributed by atoms with Crippen LogP contribution in [0.1, 0.15) is 91.4 Å². The molecule has 144 valence electrons. The number of carbonyl (C=O) groups excluding carboxylic acids is 2. The van der Waals surface area contributed by atoms with Gasteiger partial charge in [0.2, 0.25) is 0 Å². The van der Waals surface area contributed by atoms with Crippen LogP contribution >= 0.6 is 0 Å². The monoisotopic (exact) mass is 354 g/mol. The Morgan fingerprint density at radius 3 is 1.80 bits per heavy atom. The van der Waals surface area contributed by atoms with Crippen LogP contribution in [0, 0.1) is 10.8 Å². The molecule has 0 aromatic rings. The van der Waals surface area contributed by atoms with Crippen molar-refractivity contribution < 1.29 is 24.2 Å². The Hall–Kier alpha value is -1.39. The maximum atomic E-state index is 11.3. The van der Waals surface area contributed by atoms with Gasteiger partial charge in [-0.25, -0.2) is 0 Å². The average molecular weight is 354 g/mol. The van der Waals surface area contributed by atoms with Crippen molar-refractivity contribution in [1.29, 1.82) is 0 Å². The topological polar surface area (TPSA) is 80.7 Å². The van der Waals surface area contributed by atoms with E-state index in [9.17, 15) is 14.4 Å². The third kappa shape index (κ3) is 11.0. The molecule has 0 aliphatic heterocycles. The zero-order valence-electron chi connectivity index (χ0n) is 16.1. The molecule has 0 atom stereocenters. The lowest BCUT2D eigenvalue weighted by molar-refractivity contribution is -0.145. The summed E-state index contributed by atoms with van der Waals surface area (Å²) in [6.07, 6.45) is 9.97. The highest BCUT2D eigenvalue weighted by molar-refractivity contribution is 5.95. The molecule has 0 saturated heterocycles. The first-order chi connectivity index (χ1) is 11.7. The first-order valence-electron chi connectivity index (χ1n) is 9.57. The smallest absolute Gasteiger partial charge is 0.313 e. The summed E-state index contributed by atoms with van der Waals surface area (Å²) >= 11 is 0. The van der Waals surface area contributed by atoms with Crippen molar-refractivity contribution in [2.45, 2.75) is 91.4 Å². The molecule has 5 heteroatoms. The number of esters is 1. The van der Waals surface area contributed by atoms with E-state index in [1.54, 1.807) is 6.92 Å². The molecule has 25 heavy (non-hydrogen) atoms. The number of rotatable bonds is 11. The van der Waals surface area contributed by atoms with E-state index in [0.717, 1.165) is 25.7 Å². The Morgan fingerprint density at radius 1 is 0.920 bits per heavy atom. The van der Waals surface area contributed by atoms with Crippen LogP contribution in [0.5, 0.6) is 0 Å². The van der Waals surface area contributed by atoms with Gasteiger partial charge in [0.25, 0.3) is 0 Å². The number of aliphatic carboxylic acids is 1. The molecule has 2 rings (SSSR count). The molecule has 2 aliphatic carbocycles. The molecule has 5 nitrogen and oxygen atoms in total. The van der Waals surface area contributed by atoms with Gasteiger partial charge in [0.15, 0.2) is 0 Å². The number of Topliss-reactive ketones (excluding diaryl/α,β-unsaturated/α-hetero) is 1. The van der Waals surface area contributed by atoms with Crippen LogP contribution in [-0.4, -0.2) is 29.4 Å². The van der Waals surface area contributed by atoms with Gasteiger partial charge < -0.3 is 9.84 Å². The minimum Gasteiger partial charge on any atom is -0.481 e. The van der Waals surface area contributed by atoms with Gasteiger partial charge in [-0.3, -0.25) is 14.4 Å². The van der Waals surface area contributed by atoms with Crippen LogP contribution in [-0.2, 0) is 19.1 Å². The maximum Gasteiger partial charge on any atom is 0.313 e. The van der Waals surface area contributed by atoms with E-state index < -0.39 is 5.97 Å². The number of hydrogen-bond acceptors (Lipinski definition) is 4. The minimum atomic E-state index is -0.663. The summed E-state index contributed by atoms with van der Waals surface area (Å²) in [5.41, 5.74) is 1.03. The van der Waals surface area contributed by atoms with Gasteiger partial charge in [-0.15, -0.1) is 0 Å². The number of carboxylic acid groups (broad SMARTS) is 1. The summed E-state index contributed by atoms with van der Waals surface area (Å²) in [5.74, 6) is -1.04. The van der Waals surface area contributed by atoms with Crippen molar-refractivity contribution in [2.75, 3.05) is 6.61 Å². The van der Waals surface area contributed by atoms with Gasteiger partial charge >= 0.3 is 11.9 Å². The third-order valence-electron chi connectivity index (χ3n) is 5.26. The SMILES string of the molecule is CC1(CCCC(=O)O)CC1.CCOC(=O)CC(=O)CCCC1(C)CC1. The van der Waals surface area contributed by atoms with Crippen LogP contribution in [0.2, 0.25) is 0 Å². The highest BCUT2D eigenvalue weighted by Crippen LogP contribution is 2.49. The van der Waals surface area contributed by atoms with Crippen LogP contribution in [0.4, 0.5) is 0 Å². The molecule has 0 bridgehead atoms. The number of ketones is 1. The van der Waals surface area contributed by atoms with Crippen LogP contribution in [0.15, 0.2) is 0 Å². The molecule has 2 aliphatic rings. The number of carboxylic acids is 1. The molecular weight excluding hydrogens is 320 g/mol. The molecule has 0 amide bonds. The van der Waals surface area contributed by atoms with E-state index in [-0.39, 0.29) is 18.2 Å². The molecule has 0 aromatic heterocycles. The second-order valence-electron chi connectivity index (χ2n) is 8.24. The van der Waals surface area contributed by atoms with Crippen LogP contribution in [0.3, 0.4) is 0 Å². The number of hydrogen-bond donors (Lipinski definition) is 1. The van der Waals surface area contributed by atoms with Crippen LogP contribution < -0.4 is 0 Å². The van der Waals surface area contributed by atoms with Gasteiger partial charge in [0, 0.05) is 12.8 Å². The van der Waals surface area contributed by atoms with Gasteiger partial charge in [-0.1, -0.05) is 13.8 Å². The van der Waals surface area contributed by atoms with E-state index >= 15 is 0 Å². The second-order valence-corrected chi connectivity index (χ2v) is 8.24. The molecule has 2 saturated carbocycles. The molecular formula is C20H34O5. The summed E-state index contributed by atoms with van der Waals surface area (Å²) in [4.78, 5) is 32.4. The van der Waals surface area contributed by atoms with E-state index in [1.807, 2.05) is 0 Å². The molecule has 0 heterocycles. The Labute approximate surface area is 151 Å². The van der Waals surface area contributed by atoms with Crippen LogP contribution in [0.25, 0.3) is 0 Å². The van der Waals surface area contributed by atoms with E-state index in [2.05, 4.69) is 13.8 Å². The van der Waals surface area contributed by atoms with E-state index in [0.29, 0.717) is 30.3 Å². The molecule has 0 unspecified atom stereocenters. The predicted molar refractivity (Wildman–Crippen MR) is 96.3 cm³/mol. The molecule has 0 aromatic carbocycles. The van der Waals surface area contributed by atoms with Gasteiger partial charge in [0.1, 0.15) is 12.2 Å². The molecule has 1 N–H and O–H groups in total. The highest BCUT2D eigenvalue weighted by atomic mass is 16.5. The zero-order chi connectivity index (χ0) is 18.9. The summed E-state index contributed by atoms with van der Waals surface area (Å²) in [6.45, 7) is 6.58. The molecule has 0 radical (unpaired) electrons. The Balaban J connectivity index is 0.000000271. The van der Waals surface area contributed by atoms with Crippen molar-refractivity contribution in [3.8, 4) is 0 Å². The van der Waals surface area contributed by atoms with E-state index in [4.69, 9.17) is 9.84 Å². The Bertz CT molecular complexity index is 461. The predicted octanol–water partition coefficient (Wildman–Crippen LogP) is 4.52. The summed E-state index contributed by atoms with van der Waals surface area (Å²) < 4.78 is 4.71. The lowest BCUT2D eigenvalue weighted by Crippen LogP contribution is -2.11. The lowest BCUT2D eigenvalue weighted by Gasteiger charge is -2.06. The maximum absolute atomic E-state index is 11.3. The third-order valence-corrected chi connectivity index (χ3v) is 5.26. The first-order valence-corrected chi connectivity index (χ1v) is 9.57. The summed E-state index contributed by atoms with van der Waals surface area (Å²) in [7, 11) is 0. The fraction of sp³-hybridized carbons (Fsp3) is 0.850. The van der Waals surface area contributed by atoms with Crippen molar-refractivity contribution in [3.63, 3.8) is 0 Å². The van der Waals surface area contributed by atoms with Gasteiger partial charge in [-0.05, 0) is 69.1 Å². The van der Waals surface area contributed by atoms with Crippen molar-refractivity contribution in [2.24, 2.45) is 10.8 Å².